The number of nitrogens with two attached hydrogens (primary N) is 1. The standard InChI is InChI=1S/C11H13NO4.C7H6/c12-10(11(15)16)9(14)6-8(13)7-4-2-1-3-5-7;1-2-4-7-5-6(7)3-1/h1-5,9-10,14H,6,12H2,(H,15,16);1-4H,5H2/t9-,10+;/m1./s1. The number of ketones is 1. The molecule has 0 radical (unpaired) electrons. The van der Waals surface area contributed by atoms with Gasteiger partial charge in [-0.3, -0.25) is 9.59 Å². The van der Waals surface area contributed by atoms with Gasteiger partial charge >= 0.3 is 5.97 Å². The predicted molar refractivity (Wildman–Crippen MR) is 86.3 cm³/mol. The summed E-state index contributed by atoms with van der Waals surface area (Å²) in [5.41, 5.74) is 8.67. The summed E-state index contributed by atoms with van der Waals surface area (Å²) in [6.07, 6.45) is -0.421. The van der Waals surface area contributed by atoms with Gasteiger partial charge in [-0.15, -0.1) is 0 Å². The van der Waals surface area contributed by atoms with Gasteiger partial charge in [0.05, 0.1) is 6.10 Å². The molecule has 2 aromatic rings. The van der Waals surface area contributed by atoms with E-state index in [1.54, 1.807) is 30.3 Å². The van der Waals surface area contributed by atoms with Crippen LogP contribution in [0.4, 0.5) is 0 Å². The molecule has 0 unspecified atom stereocenters. The van der Waals surface area contributed by atoms with E-state index in [1.807, 2.05) is 0 Å². The molecule has 0 amide bonds. The van der Waals surface area contributed by atoms with Crippen LogP contribution in [0.5, 0.6) is 0 Å². The fourth-order valence-corrected chi connectivity index (χ4v) is 2.06. The largest absolute Gasteiger partial charge is 0.480 e. The topological polar surface area (TPSA) is 101 Å². The van der Waals surface area contributed by atoms with Gasteiger partial charge in [0.15, 0.2) is 5.78 Å². The van der Waals surface area contributed by atoms with Crippen molar-refractivity contribution in [3.05, 3.63) is 71.3 Å². The van der Waals surface area contributed by atoms with Crippen molar-refractivity contribution in [1.29, 1.82) is 0 Å². The van der Waals surface area contributed by atoms with Crippen LogP contribution in [-0.2, 0) is 11.2 Å². The zero-order valence-corrected chi connectivity index (χ0v) is 12.6. The van der Waals surface area contributed by atoms with Gasteiger partial charge in [0.25, 0.3) is 0 Å². The van der Waals surface area contributed by atoms with Crippen molar-refractivity contribution < 1.29 is 19.8 Å². The number of hydrogen-bond acceptors (Lipinski definition) is 4. The van der Waals surface area contributed by atoms with E-state index >= 15 is 0 Å². The zero-order chi connectivity index (χ0) is 16.8. The molecular formula is C18H19NO4. The Hall–Kier alpha value is -2.50. The molecule has 5 heteroatoms. The Morgan fingerprint density at radius 3 is 2.00 bits per heavy atom. The number of rotatable bonds is 5. The lowest BCUT2D eigenvalue weighted by molar-refractivity contribution is -0.141. The average molecular weight is 313 g/mol. The Balaban J connectivity index is 0.000000223. The zero-order valence-electron chi connectivity index (χ0n) is 12.6. The highest BCUT2D eigenvalue weighted by Crippen LogP contribution is 2.25. The summed E-state index contributed by atoms with van der Waals surface area (Å²) in [5, 5.41) is 17.9. The summed E-state index contributed by atoms with van der Waals surface area (Å²) in [6, 6.07) is 15.4. The number of aliphatic hydroxyl groups is 1. The molecule has 2 aromatic carbocycles. The maximum absolute atomic E-state index is 11.6. The third-order valence-electron chi connectivity index (χ3n) is 3.56. The van der Waals surface area contributed by atoms with Crippen molar-refractivity contribution in [3.63, 3.8) is 0 Å². The fourth-order valence-electron chi connectivity index (χ4n) is 2.06. The summed E-state index contributed by atoms with van der Waals surface area (Å²) in [4.78, 5) is 22.0. The van der Waals surface area contributed by atoms with Crippen molar-refractivity contribution in [1.82, 2.24) is 0 Å². The molecule has 23 heavy (non-hydrogen) atoms. The second-order valence-electron chi connectivity index (χ2n) is 5.37. The molecule has 0 aromatic heterocycles. The minimum absolute atomic E-state index is 0.294. The van der Waals surface area contributed by atoms with E-state index in [4.69, 9.17) is 10.8 Å². The van der Waals surface area contributed by atoms with Gasteiger partial charge in [-0.25, -0.2) is 0 Å². The first-order valence-electron chi connectivity index (χ1n) is 7.30. The minimum Gasteiger partial charge on any atom is -0.480 e. The van der Waals surface area contributed by atoms with Crippen LogP contribution in [0, 0.1) is 0 Å². The Kier molecular flexibility index (Phi) is 5.62. The molecule has 1 aliphatic rings. The Morgan fingerprint density at radius 2 is 1.52 bits per heavy atom. The van der Waals surface area contributed by atoms with Crippen LogP contribution < -0.4 is 5.73 Å². The highest BCUT2D eigenvalue weighted by molar-refractivity contribution is 5.96. The van der Waals surface area contributed by atoms with Crippen molar-refractivity contribution >= 4 is 11.8 Å². The van der Waals surface area contributed by atoms with Crippen molar-refractivity contribution in [2.24, 2.45) is 5.73 Å². The van der Waals surface area contributed by atoms with Gasteiger partial charge in [-0.05, 0) is 17.5 Å². The molecule has 0 saturated carbocycles. The van der Waals surface area contributed by atoms with Crippen LogP contribution in [0.3, 0.4) is 0 Å². The maximum atomic E-state index is 11.6. The van der Waals surface area contributed by atoms with Gasteiger partial charge in [0.1, 0.15) is 6.04 Å². The van der Waals surface area contributed by atoms with Crippen molar-refractivity contribution in [3.8, 4) is 0 Å². The minimum atomic E-state index is -1.44. The van der Waals surface area contributed by atoms with Gasteiger partial charge in [-0.2, -0.15) is 0 Å². The van der Waals surface area contributed by atoms with E-state index in [0.717, 1.165) is 0 Å². The summed E-state index contributed by atoms with van der Waals surface area (Å²) in [6.45, 7) is 0. The van der Waals surface area contributed by atoms with Gasteiger partial charge < -0.3 is 15.9 Å². The monoisotopic (exact) mass is 313 g/mol. The van der Waals surface area contributed by atoms with E-state index in [0.29, 0.717) is 5.56 Å². The molecule has 0 heterocycles. The molecule has 0 spiro atoms. The third kappa shape index (κ3) is 5.02. The van der Waals surface area contributed by atoms with Crippen LogP contribution >= 0.6 is 0 Å². The number of fused-ring (bicyclic) bond motifs is 1. The fraction of sp³-hybridized carbons (Fsp3) is 0.222. The Morgan fingerprint density at radius 1 is 1.00 bits per heavy atom. The molecule has 3 rings (SSSR count). The predicted octanol–water partition coefficient (Wildman–Crippen LogP) is 1.62. The summed E-state index contributed by atoms with van der Waals surface area (Å²) in [5.74, 6) is -1.65. The van der Waals surface area contributed by atoms with Gasteiger partial charge in [-0.1, -0.05) is 54.6 Å². The smallest absolute Gasteiger partial charge is 0.323 e. The second-order valence-corrected chi connectivity index (χ2v) is 5.37. The molecule has 5 nitrogen and oxygen atoms in total. The number of carboxylic acid groups (broad SMARTS) is 1. The van der Waals surface area contributed by atoms with Crippen LogP contribution in [0.15, 0.2) is 54.6 Å². The first-order valence-corrected chi connectivity index (χ1v) is 7.30. The van der Waals surface area contributed by atoms with Gasteiger partial charge in [0, 0.05) is 12.0 Å². The first-order chi connectivity index (χ1) is 11.0. The Labute approximate surface area is 134 Å². The number of benzene rings is 2. The van der Waals surface area contributed by atoms with Crippen LogP contribution in [-0.4, -0.2) is 34.1 Å². The molecule has 2 atom stereocenters. The Bertz CT molecular complexity index is 663. The number of carbonyl (C=O) groups is 2. The lowest BCUT2D eigenvalue weighted by Crippen LogP contribution is -2.42. The normalized spacial score (nSPS) is 13.8. The highest BCUT2D eigenvalue weighted by atomic mass is 16.4. The van der Waals surface area contributed by atoms with Crippen molar-refractivity contribution in [2.45, 2.75) is 25.0 Å². The maximum Gasteiger partial charge on any atom is 0.323 e. The molecular weight excluding hydrogens is 294 g/mol. The number of Topliss-reactive ketones (excluding diaryl/α,β-unsaturated/α-hetero) is 1. The first kappa shape index (κ1) is 16.9. The second kappa shape index (κ2) is 7.67. The van der Waals surface area contributed by atoms with E-state index in [-0.39, 0.29) is 12.2 Å². The summed E-state index contributed by atoms with van der Waals surface area (Å²) in [7, 11) is 0. The molecule has 0 bridgehead atoms. The SMILES string of the molecule is N[C@H](C(=O)O)[C@H](O)CC(=O)c1ccccc1.c1ccc2c(c1)C2. The van der Waals surface area contributed by atoms with E-state index < -0.39 is 18.1 Å². The molecule has 4 N–H and O–H groups in total. The quantitative estimate of drug-likeness (QED) is 0.621. The third-order valence-corrected chi connectivity index (χ3v) is 3.56. The highest BCUT2D eigenvalue weighted by Gasteiger charge is 2.24. The van der Waals surface area contributed by atoms with E-state index in [1.165, 1.54) is 17.5 Å². The number of hydrogen-bond donors (Lipinski definition) is 3. The van der Waals surface area contributed by atoms with E-state index in [2.05, 4.69) is 24.3 Å². The lowest BCUT2D eigenvalue weighted by atomic mass is 10.0. The molecule has 0 aliphatic heterocycles. The van der Waals surface area contributed by atoms with Crippen LogP contribution in [0.1, 0.15) is 27.9 Å². The number of aliphatic carboxylic acids is 1. The number of carbonyl (C=O) groups excluding carboxylic acids is 1. The van der Waals surface area contributed by atoms with Crippen molar-refractivity contribution in [2.75, 3.05) is 0 Å². The molecule has 0 fully saturated rings. The van der Waals surface area contributed by atoms with Crippen LogP contribution in [0.2, 0.25) is 0 Å². The number of aliphatic hydroxyl groups excluding tert-OH is 1. The van der Waals surface area contributed by atoms with Crippen LogP contribution in [0.25, 0.3) is 0 Å². The molecule has 1 aliphatic carbocycles. The summed E-state index contributed by atoms with van der Waals surface area (Å²) >= 11 is 0. The molecule has 120 valence electrons. The number of carboxylic acids is 1. The van der Waals surface area contributed by atoms with E-state index in [9.17, 15) is 14.7 Å². The summed E-state index contributed by atoms with van der Waals surface area (Å²) < 4.78 is 0. The van der Waals surface area contributed by atoms with Gasteiger partial charge in [0.2, 0.25) is 0 Å². The lowest BCUT2D eigenvalue weighted by Gasteiger charge is -2.13. The molecule has 0 saturated heterocycles. The average Bonchev–Trinajstić information content (AvgIpc) is 3.35.